The number of carbonyl (C=O) groups is 1. The molecule has 0 fully saturated rings. The van der Waals surface area contributed by atoms with Gasteiger partial charge in [0.25, 0.3) is 5.60 Å². The van der Waals surface area contributed by atoms with Crippen molar-refractivity contribution in [2.45, 2.75) is 38.3 Å². The Bertz CT molecular complexity index is 1200. The number of carbonyl (C=O) groups excluding carboxylic acids is 1. The minimum atomic E-state index is -5.95. The minimum Gasteiger partial charge on any atom is -0.465 e. The van der Waals surface area contributed by atoms with Crippen molar-refractivity contribution in [1.82, 2.24) is 4.57 Å². The number of halogens is 6. The topological polar surface area (TPSA) is 54.7 Å². The predicted molar refractivity (Wildman–Crippen MR) is 118 cm³/mol. The highest BCUT2D eigenvalue weighted by Crippen LogP contribution is 2.50. The van der Waals surface area contributed by atoms with Gasteiger partial charge in [0.15, 0.2) is 0 Å². The number of anilines is 1. The molecule has 0 atom stereocenters. The van der Waals surface area contributed by atoms with Crippen LogP contribution < -0.4 is 4.90 Å². The zero-order chi connectivity index (χ0) is 26.2. The van der Waals surface area contributed by atoms with Crippen LogP contribution in [0.4, 0.5) is 32.0 Å². The van der Waals surface area contributed by atoms with Crippen molar-refractivity contribution in [3.63, 3.8) is 0 Å². The van der Waals surface area contributed by atoms with Crippen LogP contribution in [0.15, 0.2) is 48.5 Å². The first kappa shape index (κ1) is 26.4. The second kappa shape index (κ2) is 9.44. The molecular formula is C24H24F6N2O3. The number of aliphatic hydroxyl groups is 1. The molecule has 190 valence electrons. The lowest BCUT2D eigenvalue weighted by molar-refractivity contribution is -0.376. The van der Waals surface area contributed by atoms with Gasteiger partial charge in [-0.2, -0.15) is 26.3 Å². The number of benzene rings is 2. The normalized spacial score (nSPS) is 12.7. The van der Waals surface area contributed by atoms with Crippen LogP contribution in [0.2, 0.25) is 0 Å². The smallest absolute Gasteiger partial charge is 0.430 e. The fourth-order valence-electron chi connectivity index (χ4n) is 3.90. The number of likely N-dealkylation sites (N-methyl/N-ethyl adjacent to an activating group) is 1. The summed E-state index contributed by atoms with van der Waals surface area (Å²) in [6.45, 7) is 3.96. The molecule has 0 radical (unpaired) electrons. The fraction of sp³-hybridized carbons (Fsp3) is 0.375. The van der Waals surface area contributed by atoms with E-state index in [4.69, 9.17) is 4.74 Å². The molecular weight excluding hydrogens is 478 g/mol. The average molecular weight is 502 g/mol. The van der Waals surface area contributed by atoms with E-state index in [1.165, 1.54) is 6.07 Å². The zero-order valence-corrected chi connectivity index (χ0v) is 19.2. The van der Waals surface area contributed by atoms with Gasteiger partial charge < -0.3 is 19.3 Å². The van der Waals surface area contributed by atoms with Crippen molar-refractivity contribution in [2.75, 3.05) is 25.1 Å². The molecule has 0 saturated heterocycles. The summed E-state index contributed by atoms with van der Waals surface area (Å²) in [5.41, 5.74) is -3.75. The van der Waals surface area contributed by atoms with Crippen molar-refractivity contribution in [3.8, 4) is 0 Å². The highest BCUT2D eigenvalue weighted by Gasteiger charge is 2.71. The van der Waals surface area contributed by atoms with E-state index in [-0.39, 0.29) is 31.1 Å². The van der Waals surface area contributed by atoms with E-state index in [9.17, 15) is 36.2 Å². The Kier molecular flexibility index (Phi) is 7.12. The van der Waals surface area contributed by atoms with Crippen molar-refractivity contribution in [1.29, 1.82) is 0 Å². The number of aromatic nitrogens is 1. The van der Waals surface area contributed by atoms with Gasteiger partial charge in [-0.1, -0.05) is 18.2 Å². The van der Waals surface area contributed by atoms with Gasteiger partial charge in [0.2, 0.25) is 0 Å². The summed E-state index contributed by atoms with van der Waals surface area (Å²) in [7, 11) is 1.72. The van der Waals surface area contributed by atoms with Crippen molar-refractivity contribution in [3.05, 3.63) is 65.4 Å². The largest absolute Gasteiger partial charge is 0.465 e. The third-order valence-electron chi connectivity index (χ3n) is 5.71. The van der Waals surface area contributed by atoms with Gasteiger partial charge in [0.1, 0.15) is 6.54 Å². The molecule has 3 aromatic rings. The molecule has 3 rings (SSSR count). The molecule has 0 unspecified atom stereocenters. The highest BCUT2D eigenvalue weighted by atomic mass is 19.4. The zero-order valence-electron chi connectivity index (χ0n) is 19.2. The Morgan fingerprint density at radius 2 is 1.69 bits per heavy atom. The molecule has 5 nitrogen and oxygen atoms in total. The summed E-state index contributed by atoms with van der Waals surface area (Å²) < 4.78 is 86.3. The summed E-state index contributed by atoms with van der Waals surface area (Å²) in [4.78, 5) is 13.5. The van der Waals surface area contributed by atoms with Gasteiger partial charge in [-0.15, -0.1) is 0 Å². The SMILES string of the molecule is CCOC(=O)CN(C)c1cccc(Cn2c(C)cc3cc(C(O)(C(F)(F)F)C(F)(F)F)ccc32)c1. The molecule has 1 heterocycles. The fourth-order valence-corrected chi connectivity index (χ4v) is 3.90. The molecule has 1 N–H and O–H groups in total. The summed E-state index contributed by atoms with van der Waals surface area (Å²) in [6, 6.07) is 11.2. The first-order valence-corrected chi connectivity index (χ1v) is 10.6. The van der Waals surface area contributed by atoms with Gasteiger partial charge in [0.05, 0.1) is 6.61 Å². The van der Waals surface area contributed by atoms with Crippen LogP contribution in [0.1, 0.15) is 23.7 Å². The van der Waals surface area contributed by atoms with Crippen LogP contribution in [-0.2, 0) is 21.7 Å². The quantitative estimate of drug-likeness (QED) is 0.352. The number of alkyl halides is 6. The van der Waals surface area contributed by atoms with Crippen LogP contribution in [0, 0.1) is 6.92 Å². The molecule has 0 saturated carbocycles. The molecule has 2 aromatic carbocycles. The van der Waals surface area contributed by atoms with Crippen LogP contribution in [0.25, 0.3) is 10.9 Å². The van der Waals surface area contributed by atoms with Gasteiger partial charge in [-0.25, -0.2) is 0 Å². The second-order valence-corrected chi connectivity index (χ2v) is 8.18. The predicted octanol–water partition coefficient (Wildman–Crippen LogP) is 5.31. The molecule has 0 bridgehead atoms. The van der Waals surface area contributed by atoms with Crippen LogP contribution in [-0.4, -0.2) is 48.2 Å². The summed E-state index contributed by atoms with van der Waals surface area (Å²) >= 11 is 0. The Labute approximate surface area is 197 Å². The maximum absolute atomic E-state index is 13.3. The average Bonchev–Trinajstić information content (AvgIpc) is 3.06. The number of nitrogens with zero attached hydrogens (tertiary/aromatic N) is 2. The van der Waals surface area contributed by atoms with Crippen molar-refractivity contribution in [2.24, 2.45) is 0 Å². The van der Waals surface area contributed by atoms with E-state index >= 15 is 0 Å². The summed E-state index contributed by atoms with van der Waals surface area (Å²) in [5.74, 6) is -0.388. The summed E-state index contributed by atoms with van der Waals surface area (Å²) in [5, 5.41) is 9.84. The third kappa shape index (κ3) is 5.09. The Morgan fingerprint density at radius 3 is 2.29 bits per heavy atom. The van der Waals surface area contributed by atoms with Crippen molar-refractivity contribution >= 4 is 22.6 Å². The first-order valence-electron chi connectivity index (χ1n) is 10.6. The van der Waals surface area contributed by atoms with E-state index in [0.29, 0.717) is 23.3 Å². The number of hydrogen-bond donors (Lipinski definition) is 1. The number of ether oxygens (including phenoxy) is 1. The number of esters is 1. The maximum Gasteiger partial charge on any atom is 0.430 e. The number of fused-ring (bicyclic) bond motifs is 1. The summed E-state index contributed by atoms with van der Waals surface area (Å²) in [6.07, 6.45) is -11.9. The first-order chi connectivity index (χ1) is 16.2. The van der Waals surface area contributed by atoms with Crippen LogP contribution >= 0.6 is 0 Å². The van der Waals surface area contributed by atoms with Crippen molar-refractivity contribution < 1.29 is 41.0 Å². The molecule has 0 aliphatic rings. The molecule has 35 heavy (non-hydrogen) atoms. The van der Waals surface area contributed by atoms with Gasteiger partial charge in [-0.05, 0) is 49.7 Å². The number of rotatable bonds is 7. The van der Waals surface area contributed by atoms with E-state index in [2.05, 4.69) is 0 Å². The Balaban J connectivity index is 1.95. The monoisotopic (exact) mass is 502 g/mol. The molecule has 11 heteroatoms. The highest BCUT2D eigenvalue weighted by molar-refractivity contribution is 5.82. The van der Waals surface area contributed by atoms with E-state index in [1.54, 1.807) is 42.5 Å². The Hall–Kier alpha value is -3.21. The third-order valence-corrected chi connectivity index (χ3v) is 5.71. The van der Waals surface area contributed by atoms with Gasteiger partial charge in [-0.3, -0.25) is 4.79 Å². The molecule has 0 spiro atoms. The van der Waals surface area contributed by atoms with E-state index in [0.717, 1.165) is 17.3 Å². The molecule has 1 aromatic heterocycles. The number of hydrogen-bond acceptors (Lipinski definition) is 4. The molecule has 0 aliphatic heterocycles. The van der Waals surface area contributed by atoms with Crippen LogP contribution in [0.5, 0.6) is 0 Å². The van der Waals surface area contributed by atoms with E-state index < -0.39 is 23.5 Å². The van der Waals surface area contributed by atoms with Gasteiger partial charge in [0, 0.05) is 41.4 Å². The molecule has 0 amide bonds. The Morgan fingerprint density at radius 1 is 1.03 bits per heavy atom. The lowest BCUT2D eigenvalue weighted by Crippen LogP contribution is -2.53. The molecule has 0 aliphatic carbocycles. The van der Waals surface area contributed by atoms with Gasteiger partial charge >= 0.3 is 18.3 Å². The van der Waals surface area contributed by atoms with Crippen LogP contribution in [0.3, 0.4) is 0 Å². The van der Waals surface area contributed by atoms with E-state index in [1.807, 2.05) is 12.1 Å². The lowest BCUT2D eigenvalue weighted by atomic mass is 9.91. The maximum atomic E-state index is 13.3. The minimum absolute atomic E-state index is 0.0346. The second-order valence-electron chi connectivity index (χ2n) is 8.18. The standard InChI is InChI=1S/C24H24F6N2O3/c1-4-35-21(33)14-31(3)19-7-5-6-16(11-19)13-32-15(2)10-17-12-18(8-9-20(17)32)22(34,23(25,26)27)24(28,29)30/h5-12,34H,4,13-14H2,1-3H3. The lowest BCUT2D eigenvalue weighted by Gasteiger charge is -2.32. The number of aryl methyl sites for hydroxylation is 1.